The third-order valence-corrected chi connectivity index (χ3v) is 3.61. The summed E-state index contributed by atoms with van der Waals surface area (Å²) in [6, 6.07) is 14.2. The van der Waals surface area contributed by atoms with Gasteiger partial charge in [0.15, 0.2) is 0 Å². The zero-order valence-corrected chi connectivity index (χ0v) is 12.9. The number of ether oxygens (including phenoxy) is 2. The molecule has 2 rings (SSSR count). The van der Waals surface area contributed by atoms with Crippen LogP contribution in [-0.2, 0) is 6.61 Å². The summed E-state index contributed by atoms with van der Waals surface area (Å²) >= 11 is 0. The van der Waals surface area contributed by atoms with Gasteiger partial charge < -0.3 is 9.47 Å². The van der Waals surface area contributed by atoms with Gasteiger partial charge in [0.2, 0.25) is 0 Å². The molecule has 0 saturated heterocycles. The maximum atomic E-state index is 6.02. The van der Waals surface area contributed by atoms with Crippen LogP contribution in [0.25, 0.3) is 0 Å². The Bertz CT molecular complexity index is 602. The number of benzene rings is 2. The lowest BCUT2D eigenvalue weighted by Crippen LogP contribution is -2.02. The summed E-state index contributed by atoms with van der Waals surface area (Å²) in [4.78, 5) is 0. The monoisotopic (exact) mass is 282 g/mol. The van der Waals surface area contributed by atoms with Gasteiger partial charge in [0, 0.05) is 17.5 Å². The first kappa shape index (κ1) is 15.2. The van der Waals surface area contributed by atoms with E-state index in [0.717, 1.165) is 28.2 Å². The van der Waals surface area contributed by atoms with Crippen LogP contribution < -0.4 is 9.47 Å². The van der Waals surface area contributed by atoms with Crippen LogP contribution in [0.3, 0.4) is 0 Å². The zero-order valence-electron chi connectivity index (χ0n) is 12.9. The molecule has 0 aliphatic heterocycles. The Balaban J connectivity index is 2.29. The van der Waals surface area contributed by atoms with Crippen molar-refractivity contribution < 1.29 is 9.47 Å². The molecule has 0 saturated carbocycles. The van der Waals surface area contributed by atoms with E-state index in [4.69, 9.17) is 9.47 Å². The molecule has 0 amide bonds. The molecule has 2 heteroatoms. The predicted molar refractivity (Wildman–Crippen MR) is 87.1 cm³/mol. The van der Waals surface area contributed by atoms with Crippen LogP contribution >= 0.6 is 0 Å². The van der Waals surface area contributed by atoms with Gasteiger partial charge in [0.25, 0.3) is 0 Å². The number of methoxy groups -OCH3 is 1. The second-order valence-electron chi connectivity index (χ2n) is 5.16. The van der Waals surface area contributed by atoms with Gasteiger partial charge in [0.05, 0.1) is 7.11 Å². The lowest BCUT2D eigenvalue weighted by Gasteiger charge is -2.17. The van der Waals surface area contributed by atoms with Crippen molar-refractivity contribution in [1.29, 1.82) is 0 Å². The summed E-state index contributed by atoms with van der Waals surface area (Å²) in [7, 11) is 1.68. The number of hydrogen-bond donors (Lipinski definition) is 0. The molecule has 0 radical (unpaired) electrons. The van der Waals surface area contributed by atoms with Gasteiger partial charge in [-0.2, -0.15) is 0 Å². The number of allylic oxidation sites excluding steroid dienone is 1. The highest BCUT2D eigenvalue weighted by Crippen LogP contribution is 2.34. The summed E-state index contributed by atoms with van der Waals surface area (Å²) in [5, 5.41) is 0. The van der Waals surface area contributed by atoms with Gasteiger partial charge in [-0.25, -0.2) is 0 Å². The lowest BCUT2D eigenvalue weighted by molar-refractivity contribution is 0.299. The van der Waals surface area contributed by atoms with E-state index in [9.17, 15) is 0 Å². The highest BCUT2D eigenvalue weighted by atomic mass is 16.5. The van der Waals surface area contributed by atoms with E-state index in [-0.39, 0.29) is 5.92 Å². The van der Waals surface area contributed by atoms with Crippen LogP contribution in [0.2, 0.25) is 0 Å². The Morgan fingerprint density at radius 3 is 2.48 bits per heavy atom. The molecule has 0 aliphatic carbocycles. The summed E-state index contributed by atoms with van der Waals surface area (Å²) in [5.74, 6) is 1.94. The molecule has 0 N–H and O–H groups in total. The van der Waals surface area contributed by atoms with Crippen molar-refractivity contribution in [3.8, 4) is 11.5 Å². The third kappa shape index (κ3) is 3.66. The largest absolute Gasteiger partial charge is 0.496 e. The second-order valence-corrected chi connectivity index (χ2v) is 5.16. The third-order valence-electron chi connectivity index (χ3n) is 3.61. The molecule has 1 atom stereocenters. The van der Waals surface area contributed by atoms with E-state index in [2.05, 4.69) is 31.7 Å². The first-order valence-corrected chi connectivity index (χ1v) is 7.13. The number of hydrogen-bond acceptors (Lipinski definition) is 2. The first-order valence-electron chi connectivity index (χ1n) is 7.13. The Kier molecular flexibility index (Phi) is 5.04. The van der Waals surface area contributed by atoms with Gasteiger partial charge in [-0.3, -0.25) is 0 Å². The molecule has 0 fully saturated rings. The molecule has 0 spiro atoms. The van der Waals surface area contributed by atoms with Crippen LogP contribution in [0.4, 0.5) is 0 Å². The fraction of sp³-hybridized carbons (Fsp3) is 0.263. The molecule has 2 nitrogen and oxygen atoms in total. The van der Waals surface area contributed by atoms with Crippen molar-refractivity contribution in [2.24, 2.45) is 0 Å². The molecule has 2 aromatic carbocycles. The average molecular weight is 282 g/mol. The van der Waals surface area contributed by atoms with E-state index in [1.807, 2.05) is 37.3 Å². The minimum atomic E-state index is 0.236. The Morgan fingerprint density at radius 1 is 1.14 bits per heavy atom. The van der Waals surface area contributed by atoms with Crippen molar-refractivity contribution in [2.45, 2.75) is 26.4 Å². The zero-order chi connectivity index (χ0) is 15.2. The first-order chi connectivity index (χ1) is 10.2. The average Bonchev–Trinajstić information content (AvgIpc) is 2.53. The van der Waals surface area contributed by atoms with Crippen LogP contribution in [0.5, 0.6) is 11.5 Å². The van der Waals surface area contributed by atoms with E-state index < -0.39 is 0 Å². The summed E-state index contributed by atoms with van der Waals surface area (Å²) in [6.45, 7) is 8.58. The molecule has 0 bridgehead atoms. The van der Waals surface area contributed by atoms with Crippen molar-refractivity contribution in [1.82, 2.24) is 0 Å². The predicted octanol–water partition coefficient (Wildman–Crippen LogP) is 4.87. The Labute approximate surface area is 127 Å². The Hall–Kier alpha value is -2.22. The molecule has 0 aliphatic rings. The van der Waals surface area contributed by atoms with Gasteiger partial charge in [-0.15, -0.1) is 6.58 Å². The maximum absolute atomic E-state index is 6.02. The summed E-state index contributed by atoms with van der Waals surface area (Å²) < 4.78 is 11.4. The molecule has 21 heavy (non-hydrogen) atoms. The van der Waals surface area contributed by atoms with Gasteiger partial charge in [-0.05, 0) is 24.1 Å². The second kappa shape index (κ2) is 6.98. The van der Waals surface area contributed by atoms with Crippen LogP contribution in [-0.4, -0.2) is 7.11 Å². The lowest BCUT2D eigenvalue weighted by atomic mass is 9.97. The summed E-state index contributed by atoms with van der Waals surface area (Å²) in [5.41, 5.74) is 3.39. The van der Waals surface area contributed by atoms with Gasteiger partial charge >= 0.3 is 0 Å². The number of rotatable bonds is 6. The molecular weight excluding hydrogens is 260 g/mol. The van der Waals surface area contributed by atoms with Crippen LogP contribution in [0.1, 0.15) is 29.5 Å². The topological polar surface area (TPSA) is 18.5 Å². The van der Waals surface area contributed by atoms with Gasteiger partial charge in [0.1, 0.15) is 18.1 Å². The van der Waals surface area contributed by atoms with E-state index in [0.29, 0.717) is 6.61 Å². The van der Waals surface area contributed by atoms with Crippen LogP contribution in [0, 0.1) is 6.92 Å². The molecule has 1 unspecified atom stereocenters. The quantitative estimate of drug-likeness (QED) is 0.704. The van der Waals surface area contributed by atoms with E-state index in [1.54, 1.807) is 7.11 Å². The van der Waals surface area contributed by atoms with E-state index in [1.165, 1.54) is 0 Å². The molecular formula is C19H22O2. The highest BCUT2D eigenvalue weighted by Gasteiger charge is 2.13. The fourth-order valence-corrected chi connectivity index (χ4v) is 2.25. The maximum Gasteiger partial charge on any atom is 0.127 e. The minimum absolute atomic E-state index is 0.236. The number of aryl methyl sites for hydroxylation is 1. The highest BCUT2D eigenvalue weighted by molar-refractivity contribution is 5.48. The Morgan fingerprint density at radius 2 is 1.86 bits per heavy atom. The van der Waals surface area contributed by atoms with Crippen molar-refractivity contribution in [3.05, 3.63) is 71.8 Å². The summed E-state index contributed by atoms with van der Waals surface area (Å²) in [6.07, 6.45) is 1.93. The van der Waals surface area contributed by atoms with Crippen molar-refractivity contribution in [3.63, 3.8) is 0 Å². The van der Waals surface area contributed by atoms with Crippen molar-refractivity contribution >= 4 is 0 Å². The van der Waals surface area contributed by atoms with Crippen LogP contribution in [0.15, 0.2) is 55.1 Å². The SMILES string of the molecule is C=CC(C)c1cc(C)c(OC)cc1OCc1ccccc1. The standard InChI is InChI=1S/C19H22O2/c1-5-14(2)17-11-15(3)18(20-4)12-19(17)21-13-16-9-7-6-8-10-16/h5-12,14H,1,13H2,2-4H3. The van der Waals surface area contributed by atoms with Crippen molar-refractivity contribution in [2.75, 3.05) is 7.11 Å². The molecule has 110 valence electrons. The molecule has 0 aromatic heterocycles. The van der Waals surface area contributed by atoms with E-state index >= 15 is 0 Å². The normalized spacial score (nSPS) is 11.8. The molecule has 2 aromatic rings. The molecule has 0 heterocycles. The van der Waals surface area contributed by atoms with Gasteiger partial charge in [-0.1, -0.05) is 43.3 Å². The minimum Gasteiger partial charge on any atom is -0.496 e. The smallest absolute Gasteiger partial charge is 0.127 e. The fourth-order valence-electron chi connectivity index (χ4n) is 2.25.